The zero-order chi connectivity index (χ0) is 0. The summed E-state index contributed by atoms with van der Waals surface area (Å²) in [6, 6.07) is 0. The second-order valence-electron chi connectivity index (χ2n) is 0. The Morgan fingerprint density at radius 1 is 0.0476 bits per heavy atom. The van der Waals surface area contributed by atoms with Crippen LogP contribution in [0.5, 0.6) is 0 Å². The monoisotopic (exact) mass is 1850 g/mol. The van der Waals surface area contributed by atoms with E-state index in [9.17, 15) is 0 Å². The Balaban J connectivity index is 0. The van der Waals surface area contributed by atoms with Crippen LogP contribution < -0.4 is 447 Å². The van der Waals surface area contributed by atoms with E-state index in [2.05, 4.69) is 0 Å². The van der Waals surface area contributed by atoms with Gasteiger partial charge >= 0.3 is 0 Å². The van der Waals surface area contributed by atoms with Crippen molar-refractivity contribution in [1.29, 1.82) is 0 Å². The average molecular weight is 1850 g/mol. The molecule has 0 heterocycles. The molecule has 0 saturated heterocycles. The van der Waals surface area contributed by atoms with Gasteiger partial charge in [0.15, 0.2) is 0 Å². The van der Waals surface area contributed by atoms with Gasteiger partial charge in [-0.15, -0.1) is 0 Å². The van der Waals surface area contributed by atoms with E-state index < -0.39 is 0 Å². The molecule has 0 atom stereocenters. The molecule has 0 rings (SSSR count). The Bertz CT molecular complexity index is 24.9. The van der Waals surface area contributed by atoms with Crippen molar-refractivity contribution in [1.82, 2.24) is 0 Å². The van der Waals surface area contributed by atoms with Gasteiger partial charge < -0.3 is 447 Å². The molecule has 0 aliphatic rings. The summed E-state index contributed by atoms with van der Waals surface area (Å²) < 4.78 is 0. The molecular formula is Cl36Mo6-36. The fourth-order valence-electron chi connectivity index (χ4n) is 0. The van der Waals surface area contributed by atoms with E-state index in [-0.39, 0.29) is 573 Å². The van der Waals surface area contributed by atoms with Crippen LogP contribution in [0.25, 0.3) is 0 Å². The van der Waals surface area contributed by atoms with Crippen LogP contribution in [0.3, 0.4) is 0 Å². The van der Waals surface area contributed by atoms with E-state index in [0.717, 1.165) is 0 Å². The van der Waals surface area contributed by atoms with Crippen molar-refractivity contribution in [3.05, 3.63) is 0 Å². The van der Waals surface area contributed by atoms with Crippen LogP contribution in [-0.2, 0) is 126 Å². The number of rotatable bonds is 0. The van der Waals surface area contributed by atoms with Gasteiger partial charge in [0, 0.05) is 126 Å². The Labute approximate surface area is 561 Å². The third-order valence-corrected chi connectivity index (χ3v) is 0. The van der Waals surface area contributed by atoms with Crippen molar-refractivity contribution >= 4 is 0 Å². The second-order valence-corrected chi connectivity index (χ2v) is 0. The fraction of sp³-hybridized carbons (Fsp3) is 0. The number of hydrogen-bond donors (Lipinski definition) is 0. The van der Waals surface area contributed by atoms with Crippen LogP contribution >= 0.6 is 0 Å². The standard InChI is InChI=1S/36ClH.6Mo/h36*1H;;;;;;/p-36. The second kappa shape index (κ2) is 780. The molecule has 324 valence electrons. The maximum absolute atomic E-state index is 0. The van der Waals surface area contributed by atoms with Gasteiger partial charge in [-0.05, 0) is 0 Å². The Kier molecular flexibility index (Phi) is 15300. The summed E-state index contributed by atoms with van der Waals surface area (Å²) >= 11 is 0. The normalized spacial score (nSPS) is 0. The number of hydrogen-bond acceptors (Lipinski definition) is 0. The SMILES string of the molecule is [Cl-].[Cl-].[Cl-].[Cl-].[Cl-].[Cl-].[Cl-].[Cl-].[Cl-].[Cl-].[Cl-].[Cl-].[Cl-].[Cl-].[Cl-].[Cl-].[Cl-].[Cl-].[Cl-].[Cl-].[Cl-].[Cl-].[Cl-].[Cl-].[Cl-].[Cl-].[Cl-].[Cl-].[Cl-].[Cl-].[Cl-].[Cl-].[Cl-].[Cl-].[Cl-].[Cl-].[Mo].[Mo].[Mo].[Mo].[Mo].[Mo]. The molecular weight excluding hydrogens is 1850 g/mol. The van der Waals surface area contributed by atoms with Gasteiger partial charge in [-0.2, -0.15) is 0 Å². The van der Waals surface area contributed by atoms with Crippen LogP contribution in [-0.4, -0.2) is 0 Å². The molecule has 0 nitrogen and oxygen atoms in total. The maximum Gasteiger partial charge on any atom is 0 e. The van der Waals surface area contributed by atoms with Crippen LogP contribution in [0.1, 0.15) is 0 Å². The molecule has 0 aliphatic heterocycles. The third-order valence-electron chi connectivity index (χ3n) is 0. The van der Waals surface area contributed by atoms with Crippen LogP contribution in [0.15, 0.2) is 0 Å². The molecule has 42 heteroatoms. The molecule has 0 aromatic carbocycles. The minimum absolute atomic E-state index is 0. The van der Waals surface area contributed by atoms with E-state index in [4.69, 9.17) is 0 Å². The van der Waals surface area contributed by atoms with E-state index in [1.165, 1.54) is 0 Å². The summed E-state index contributed by atoms with van der Waals surface area (Å²) in [5.74, 6) is 0. The summed E-state index contributed by atoms with van der Waals surface area (Å²) in [5.41, 5.74) is 0. The molecule has 0 amide bonds. The summed E-state index contributed by atoms with van der Waals surface area (Å²) in [5, 5.41) is 0. The summed E-state index contributed by atoms with van der Waals surface area (Å²) in [6.07, 6.45) is 0. The average Bonchev–Trinajstić information content (AvgIpc) is 0. The van der Waals surface area contributed by atoms with Crippen LogP contribution in [0.2, 0.25) is 0 Å². The molecule has 0 fully saturated rings. The van der Waals surface area contributed by atoms with Crippen LogP contribution in [0.4, 0.5) is 0 Å². The van der Waals surface area contributed by atoms with Crippen LogP contribution in [0, 0.1) is 0 Å². The van der Waals surface area contributed by atoms with Crippen molar-refractivity contribution in [2.24, 2.45) is 0 Å². The molecule has 0 N–H and O–H groups in total. The van der Waals surface area contributed by atoms with Gasteiger partial charge in [0.2, 0.25) is 0 Å². The Hall–Kier alpha value is 14.6. The molecule has 0 bridgehead atoms. The summed E-state index contributed by atoms with van der Waals surface area (Å²) in [6.45, 7) is 0. The van der Waals surface area contributed by atoms with Crippen molar-refractivity contribution in [2.45, 2.75) is 0 Å². The van der Waals surface area contributed by atoms with Crippen molar-refractivity contribution in [2.75, 3.05) is 0 Å². The molecule has 0 spiro atoms. The Morgan fingerprint density at radius 3 is 0.0476 bits per heavy atom. The first kappa shape index (κ1) is 823. The summed E-state index contributed by atoms with van der Waals surface area (Å²) in [4.78, 5) is 0. The molecule has 0 unspecified atom stereocenters. The van der Waals surface area contributed by atoms with Gasteiger partial charge in [-0.25, -0.2) is 0 Å². The topological polar surface area (TPSA) is 0 Å². The summed E-state index contributed by atoms with van der Waals surface area (Å²) in [7, 11) is 0. The zero-order valence-electron chi connectivity index (χ0n) is 16.1. The van der Waals surface area contributed by atoms with E-state index in [1.807, 2.05) is 0 Å². The Morgan fingerprint density at radius 2 is 0.0476 bits per heavy atom. The van der Waals surface area contributed by atoms with Gasteiger partial charge in [0.25, 0.3) is 0 Å². The third kappa shape index (κ3) is 738. The zero-order valence-corrected chi connectivity index (χ0v) is 55.3. The minimum atomic E-state index is 0. The fourth-order valence-corrected chi connectivity index (χ4v) is 0. The molecule has 0 saturated carbocycles. The molecule has 0 aromatic rings. The van der Waals surface area contributed by atoms with E-state index >= 15 is 0 Å². The largest absolute Gasteiger partial charge is 1.00 e. The molecule has 0 aromatic heterocycles. The molecule has 42 heavy (non-hydrogen) atoms. The molecule has 0 radical (unpaired) electrons. The van der Waals surface area contributed by atoms with Gasteiger partial charge in [0.1, 0.15) is 0 Å². The van der Waals surface area contributed by atoms with Crippen molar-refractivity contribution in [3.63, 3.8) is 0 Å². The molecule has 0 aliphatic carbocycles. The van der Waals surface area contributed by atoms with E-state index in [0.29, 0.717) is 0 Å². The minimum Gasteiger partial charge on any atom is -1.00 e. The smallest absolute Gasteiger partial charge is 0 e. The van der Waals surface area contributed by atoms with Crippen molar-refractivity contribution < 1.29 is 573 Å². The predicted molar refractivity (Wildman–Crippen MR) is 0 cm³/mol. The van der Waals surface area contributed by atoms with E-state index in [1.54, 1.807) is 0 Å². The van der Waals surface area contributed by atoms with Gasteiger partial charge in [-0.3, -0.25) is 0 Å². The first-order valence-electron chi connectivity index (χ1n) is 0. The first-order valence-corrected chi connectivity index (χ1v) is 0. The van der Waals surface area contributed by atoms with Crippen molar-refractivity contribution in [3.8, 4) is 0 Å². The quantitative estimate of drug-likeness (QED) is 0.212. The first-order chi connectivity index (χ1) is 0. The van der Waals surface area contributed by atoms with Gasteiger partial charge in [0.05, 0.1) is 0 Å². The number of halogens is 36. The maximum atomic E-state index is 0. The van der Waals surface area contributed by atoms with Gasteiger partial charge in [-0.1, -0.05) is 0 Å². The predicted octanol–water partition coefficient (Wildman–Crippen LogP) is -108.